The van der Waals surface area contributed by atoms with Gasteiger partial charge in [-0.3, -0.25) is 0 Å². The molecule has 0 spiro atoms. The van der Waals surface area contributed by atoms with Gasteiger partial charge in [0.15, 0.2) is 0 Å². The normalized spacial score (nSPS) is 5.71. The first-order chi connectivity index (χ1) is 2.77. The number of carbonyl (C=O) groups is 1. The second kappa shape index (κ2) is 5.63. The van der Waals surface area contributed by atoms with Crippen molar-refractivity contribution >= 4 is 12.4 Å². The van der Waals surface area contributed by atoms with Crippen LogP contribution in [-0.2, 0) is 25.9 Å². The molecule has 0 heterocycles. The third kappa shape index (κ3) is 10.7. The summed E-state index contributed by atoms with van der Waals surface area (Å²) >= 11 is 0. The van der Waals surface area contributed by atoms with E-state index in [1.54, 1.807) is 0 Å². The molecular weight excluding hydrogens is 268 g/mol. The van der Waals surface area contributed by atoms with Gasteiger partial charge in [-0.1, -0.05) is 0 Å². The molecule has 0 aromatic rings. The maximum Gasteiger partial charge on any atom is 2.00 e. The van der Waals surface area contributed by atoms with E-state index in [2.05, 4.69) is 0 Å². The first-order valence-electron chi connectivity index (χ1n) is 1.16. The number of hydrogen-bond acceptors (Lipinski definition) is 2. The fourth-order valence-corrected chi connectivity index (χ4v) is 0.0463. The molecule has 0 aromatic heterocycles. The first kappa shape index (κ1) is 9.80. The van der Waals surface area contributed by atoms with Crippen molar-refractivity contribution in [1.82, 2.24) is 5.32 Å². The molecule has 0 aliphatic heterocycles. The molecule has 7 heavy (non-hydrogen) atoms. The fourth-order valence-electron chi connectivity index (χ4n) is 0.0463. The van der Waals surface area contributed by atoms with Gasteiger partial charge in [-0.2, -0.15) is 0 Å². The molecule has 0 fully saturated rings. The molecule has 4 nitrogen and oxygen atoms in total. The SMILES string of the molecule is [NH-]C(=O)N[C-]=O.[W+2]. The van der Waals surface area contributed by atoms with Crippen LogP contribution in [0.3, 0.4) is 0 Å². The maximum absolute atomic E-state index is 9.34. The van der Waals surface area contributed by atoms with Crippen molar-refractivity contribution in [3.63, 3.8) is 0 Å². The van der Waals surface area contributed by atoms with E-state index in [0.717, 1.165) is 6.41 Å². The van der Waals surface area contributed by atoms with Crippen LogP contribution in [0.1, 0.15) is 0 Å². The van der Waals surface area contributed by atoms with E-state index in [1.807, 2.05) is 0 Å². The van der Waals surface area contributed by atoms with Crippen molar-refractivity contribution in [2.24, 2.45) is 0 Å². The molecule has 0 saturated heterocycles. The van der Waals surface area contributed by atoms with Crippen molar-refractivity contribution in [2.75, 3.05) is 0 Å². The van der Waals surface area contributed by atoms with Gasteiger partial charge in [0.2, 0.25) is 0 Å². The summed E-state index contributed by atoms with van der Waals surface area (Å²) < 4.78 is 0. The van der Waals surface area contributed by atoms with E-state index in [1.165, 1.54) is 5.32 Å². The maximum atomic E-state index is 9.34. The summed E-state index contributed by atoms with van der Waals surface area (Å²) in [6, 6.07) is -1.13. The number of nitrogens with one attached hydrogen (secondary N) is 2. The third-order valence-electron chi connectivity index (χ3n) is 0.165. The fraction of sp³-hybridized carbons (Fsp3) is 0. The number of hydrogen-bond donors (Lipinski definition) is 1. The second-order valence-corrected chi connectivity index (χ2v) is 0.556. The van der Waals surface area contributed by atoms with Crippen molar-refractivity contribution in [3.8, 4) is 0 Å². The van der Waals surface area contributed by atoms with E-state index in [0.29, 0.717) is 0 Å². The standard InChI is InChI=1S/C2H3N2O2.W/c3-2(6)4-1-5;/h(H3,3,4,5,6);/q-1;+2/p-1. The Balaban J connectivity index is 0. The summed E-state index contributed by atoms with van der Waals surface area (Å²) in [5.41, 5.74) is 5.97. The molecule has 2 N–H and O–H groups in total. The van der Waals surface area contributed by atoms with Gasteiger partial charge in [-0.25, -0.2) is 0 Å². The van der Waals surface area contributed by atoms with Crippen LogP contribution < -0.4 is 5.32 Å². The largest absolute Gasteiger partial charge is 2.00 e. The number of rotatable bonds is 1. The molecule has 0 saturated carbocycles. The van der Waals surface area contributed by atoms with Gasteiger partial charge in [0.1, 0.15) is 0 Å². The van der Waals surface area contributed by atoms with Crippen molar-refractivity contribution < 1.29 is 30.7 Å². The minimum Gasteiger partial charge on any atom is -0.559 e. The molecule has 0 radical (unpaired) electrons. The molecule has 0 unspecified atom stereocenters. The Morgan fingerprint density at radius 1 is 1.71 bits per heavy atom. The molecule has 0 aliphatic carbocycles. The molecular formula is C2H2N2O2W. The topological polar surface area (TPSA) is 70.0 Å². The summed E-state index contributed by atoms with van der Waals surface area (Å²) in [5, 5.41) is 1.43. The predicted molar refractivity (Wildman–Crippen MR) is 18.5 cm³/mol. The zero-order valence-electron chi connectivity index (χ0n) is 3.22. The van der Waals surface area contributed by atoms with E-state index in [4.69, 9.17) is 10.5 Å². The van der Waals surface area contributed by atoms with Gasteiger partial charge in [-0.05, 0) is 12.4 Å². The van der Waals surface area contributed by atoms with E-state index in [-0.39, 0.29) is 21.1 Å². The van der Waals surface area contributed by atoms with Gasteiger partial charge in [-0.15, -0.1) is 0 Å². The van der Waals surface area contributed by atoms with E-state index < -0.39 is 6.03 Å². The Bertz CT molecular complexity index is 74.1. The molecule has 0 bridgehead atoms. The third-order valence-corrected chi connectivity index (χ3v) is 0.165. The second-order valence-electron chi connectivity index (χ2n) is 0.556. The summed E-state index contributed by atoms with van der Waals surface area (Å²) in [7, 11) is 0. The monoisotopic (exact) mass is 270 g/mol. The summed E-state index contributed by atoms with van der Waals surface area (Å²) in [6.07, 6.45) is 1.03. The zero-order chi connectivity index (χ0) is 4.99. The Morgan fingerprint density at radius 3 is 2.14 bits per heavy atom. The summed E-state index contributed by atoms with van der Waals surface area (Å²) in [6.45, 7) is 0. The van der Waals surface area contributed by atoms with Crippen LogP contribution in [-0.4, -0.2) is 12.4 Å². The number of urea groups is 1. The number of amides is 3. The smallest absolute Gasteiger partial charge is 0.559 e. The first-order valence-corrected chi connectivity index (χ1v) is 1.16. The van der Waals surface area contributed by atoms with Gasteiger partial charge in [0.05, 0.1) is 0 Å². The van der Waals surface area contributed by atoms with Crippen LogP contribution in [0.2, 0.25) is 0 Å². The van der Waals surface area contributed by atoms with Gasteiger partial charge in [0.25, 0.3) is 0 Å². The van der Waals surface area contributed by atoms with Crippen molar-refractivity contribution in [1.29, 1.82) is 0 Å². The molecule has 0 aliphatic rings. The minimum atomic E-state index is -1.13. The Kier molecular flexibility index (Phi) is 7.88. The quantitative estimate of drug-likeness (QED) is 0.530. The van der Waals surface area contributed by atoms with Gasteiger partial charge >= 0.3 is 21.1 Å². The van der Waals surface area contributed by atoms with Crippen LogP contribution in [0.4, 0.5) is 4.79 Å². The molecule has 3 amide bonds. The molecule has 38 valence electrons. The average molecular weight is 270 g/mol. The van der Waals surface area contributed by atoms with Crippen LogP contribution in [0.5, 0.6) is 0 Å². The zero-order valence-corrected chi connectivity index (χ0v) is 6.16. The predicted octanol–water partition coefficient (Wildman–Crippen LogP) is -0.187. The summed E-state index contributed by atoms with van der Waals surface area (Å²) in [4.78, 5) is 18.4. The van der Waals surface area contributed by atoms with Gasteiger partial charge in [0, 0.05) is 0 Å². The van der Waals surface area contributed by atoms with Crippen LogP contribution in [0.15, 0.2) is 0 Å². The number of carbonyl (C=O) groups excluding carboxylic acids is 2. The van der Waals surface area contributed by atoms with Crippen molar-refractivity contribution in [3.05, 3.63) is 5.73 Å². The van der Waals surface area contributed by atoms with E-state index >= 15 is 0 Å². The number of imide groups is 1. The molecule has 0 aromatic carbocycles. The van der Waals surface area contributed by atoms with E-state index in [9.17, 15) is 4.79 Å². The Labute approximate surface area is 54.7 Å². The summed E-state index contributed by atoms with van der Waals surface area (Å²) in [5.74, 6) is 0. The van der Waals surface area contributed by atoms with Crippen LogP contribution in [0.25, 0.3) is 5.73 Å². The molecule has 0 rings (SSSR count). The van der Waals surface area contributed by atoms with Crippen LogP contribution >= 0.6 is 0 Å². The molecule has 0 atom stereocenters. The minimum absolute atomic E-state index is 0. The van der Waals surface area contributed by atoms with Gasteiger partial charge < -0.3 is 20.6 Å². The molecule has 5 heteroatoms. The Hall–Kier alpha value is -0.372. The Morgan fingerprint density at radius 2 is 2.14 bits per heavy atom. The average Bonchev–Trinajstić information content (AvgIpc) is 1.35. The van der Waals surface area contributed by atoms with Crippen molar-refractivity contribution in [2.45, 2.75) is 0 Å². The van der Waals surface area contributed by atoms with Crippen LogP contribution in [0, 0.1) is 0 Å².